The molecule has 1 rings (SSSR count). The molecule has 2 nitrogen and oxygen atoms in total. The molecule has 1 aliphatic rings. The topological polar surface area (TPSA) is 20.3 Å². The van der Waals surface area contributed by atoms with Crippen molar-refractivity contribution in [1.82, 2.24) is 4.90 Å². The van der Waals surface area contributed by atoms with E-state index in [9.17, 15) is 4.79 Å². The zero-order chi connectivity index (χ0) is 11.1. The molecular weight excluding hydrogens is 206 g/mol. The highest BCUT2D eigenvalue weighted by Crippen LogP contribution is 2.20. The smallest absolute Gasteiger partial charge is 0.131 e. The van der Waals surface area contributed by atoms with Crippen LogP contribution in [0.25, 0.3) is 0 Å². The Morgan fingerprint density at radius 2 is 2.33 bits per heavy atom. The summed E-state index contributed by atoms with van der Waals surface area (Å²) in [7, 11) is 0. The largest absolute Gasteiger partial charge is 0.300 e. The molecule has 0 spiro atoms. The van der Waals surface area contributed by atoms with Gasteiger partial charge in [-0.1, -0.05) is 6.92 Å². The fourth-order valence-electron chi connectivity index (χ4n) is 2.27. The van der Waals surface area contributed by atoms with Gasteiger partial charge in [-0.2, -0.15) is 11.8 Å². The molecule has 0 aromatic rings. The average Bonchev–Trinajstić information content (AvgIpc) is 2.59. The SMILES string of the molecule is CCSCCCN1CCCC1CC(C)=O. The van der Waals surface area contributed by atoms with Crippen molar-refractivity contribution in [2.24, 2.45) is 0 Å². The van der Waals surface area contributed by atoms with E-state index in [2.05, 4.69) is 11.8 Å². The van der Waals surface area contributed by atoms with Crippen LogP contribution >= 0.6 is 11.8 Å². The maximum Gasteiger partial charge on any atom is 0.131 e. The summed E-state index contributed by atoms with van der Waals surface area (Å²) in [6.07, 6.45) is 4.53. The minimum Gasteiger partial charge on any atom is -0.300 e. The summed E-state index contributed by atoms with van der Waals surface area (Å²) in [5.74, 6) is 2.83. The minimum absolute atomic E-state index is 0.342. The molecule has 0 bridgehead atoms. The van der Waals surface area contributed by atoms with Crippen LogP contribution in [0, 0.1) is 0 Å². The second-order valence-corrected chi connectivity index (χ2v) is 5.68. The lowest BCUT2D eigenvalue weighted by Crippen LogP contribution is -2.32. The Bertz CT molecular complexity index is 196. The second kappa shape index (κ2) is 7.29. The number of hydrogen-bond donors (Lipinski definition) is 0. The number of thioether (sulfide) groups is 1. The number of Topliss-reactive ketones (excluding diaryl/α,β-unsaturated/α-hetero) is 1. The van der Waals surface area contributed by atoms with Gasteiger partial charge in [0.1, 0.15) is 5.78 Å². The van der Waals surface area contributed by atoms with Crippen molar-refractivity contribution in [1.29, 1.82) is 0 Å². The van der Waals surface area contributed by atoms with Gasteiger partial charge in [-0.15, -0.1) is 0 Å². The molecule has 1 fully saturated rings. The van der Waals surface area contributed by atoms with Gasteiger partial charge in [-0.3, -0.25) is 9.69 Å². The molecule has 88 valence electrons. The predicted octanol–water partition coefficient (Wildman–Crippen LogP) is 2.57. The summed E-state index contributed by atoms with van der Waals surface area (Å²) in [4.78, 5) is 13.6. The normalized spacial score (nSPS) is 22.1. The van der Waals surface area contributed by atoms with Crippen molar-refractivity contribution in [3.8, 4) is 0 Å². The van der Waals surface area contributed by atoms with Crippen molar-refractivity contribution < 1.29 is 4.79 Å². The number of nitrogens with zero attached hydrogens (tertiary/aromatic N) is 1. The lowest BCUT2D eigenvalue weighted by molar-refractivity contribution is -0.118. The lowest BCUT2D eigenvalue weighted by Gasteiger charge is -2.23. The summed E-state index contributed by atoms with van der Waals surface area (Å²) in [6, 6.07) is 0.550. The Labute approximate surface area is 97.8 Å². The van der Waals surface area contributed by atoms with E-state index in [1.807, 2.05) is 11.8 Å². The molecule has 1 aliphatic heterocycles. The Hall–Kier alpha value is -0.0200. The third-order valence-corrected chi connectivity index (χ3v) is 3.95. The first-order valence-electron chi connectivity index (χ1n) is 6.05. The molecule has 0 N–H and O–H groups in total. The van der Waals surface area contributed by atoms with Crippen LogP contribution in [-0.2, 0) is 4.79 Å². The molecule has 0 aromatic heterocycles. The highest BCUT2D eigenvalue weighted by atomic mass is 32.2. The van der Waals surface area contributed by atoms with Gasteiger partial charge in [0.2, 0.25) is 0 Å². The molecule has 0 saturated carbocycles. The summed E-state index contributed by atoms with van der Waals surface area (Å²) < 4.78 is 0. The van der Waals surface area contributed by atoms with E-state index >= 15 is 0 Å². The molecule has 1 unspecified atom stereocenters. The Kier molecular flexibility index (Phi) is 6.34. The van der Waals surface area contributed by atoms with Crippen LogP contribution in [0.1, 0.15) is 39.5 Å². The molecule has 0 aromatic carbocycles. The van der Waals surface area contributed by atoms with Gasteiger partial charge in [0.25, 0.3) is 0 Å². The number of carbonyl (C=O) groups excluding carboxylic acids is 1. The van der Waals surface area contributed by atoms with Gasteiger partial charge < -0.3 is 0 Å². The summed E-state index contributed by atoms with van der Waals surface area (Å²) in [5.41, 5.74) is 0. The third kappa shape index (κ3) is 5.03. The first kappa shape index (κ1) is 13.0. The van der Waals surface area contributed by atoms with E-state index in [0.29, 0.717) is 11.8 Å². The van der Waals surface area contributed by atoms with Crippen LogP contribution in [0.5, 0.6) is 0 Å². The summed E-state index contributed by atoms with van der Waals surface area (Å²) >= 11 is 2.01. The number of hydrogen-bond acceptors (Lipinski definition) is 3. The van der Waals surface area contributed by atoms with Crippen LogP contribution in [0.2, 0.25) is 0 Å². The van der Waals surface area contributed by atoms with Gasteiger partial charge in [0.05, 0.1) is 0 Å². The number of rotatable bonds is 7. The molecular formula is C12H23NOS. The fraction of sp³-hybridized carbons (Fsp3) is 0.917. The van der Waals surface area contributed by atoms with E-state index < -0.39 is 0 Å². The highest BCUT2D eigenvalue weighted by molar-refractivity contribution is 7.99. The minimum atomic E-state index is 0.342. The van der Waals surface area contributed by atoms with Crippen molar-refractivity contribution in [2.75, 3.05) is 24.6 Å². The first-order chi connectivity index (χ1) is 7.24. The van der Waals surface area contributed by atoms with Gasteiger partial charge in [-0.05, 0) is 50.8 Å². The molecule has 1 heterocycles. The zero-order valence-electron chi connectivity index (χ0n) is 10.00. The molecule has 0 radical (unpaired) electrons. The summed E-state index contributed by atoms with van der Waals surface area (Å²) in [5, 5.41) is 0. The van der Waals surface area contributed by atoms with Crippen molar-refractivity contribution in [2.45, 2.75) is 45.6 Å². The van der Waals surface area contributed by atoms with Crippen molar-refractivity contribution >= 4 is 17.5 Å². The van der Waals surface area contributed by atoms with E-state index in [0.717, 1.165) is 6.42 Å². The average molecular weight is 229 g/mol. The van der Waals surface area contributed by atoms with Gasteiger partial charge >= 0.3 is 0 Å². The van der Waals surface area contributed by atoms with Gasteiger partial charge in [0, 0.05) is 12.5 Å². The van der Waals surface area contributed by atoms with Gasteiger partial charge in [0.15, 0.2) is 0 Å². The van der Waals surface area contributed by atoms with E-state index in [-0.39, 0.29) is 0 Å². The molecule has 15 heavy (non-hydrogen) atoms. The molecule has 3 heteroatoms. The predicted molar refractivity (Wildman–Crippen MR) is 67.5 cm³/mol. The van der Waals surface area contributed by atoms with Crippen molar-refractivity contribution in [3.05, 3.63) is 0 Å². The fourth-order valence-corrected chi connectivity index (χ4v) is 2.89. The van der Waals surface area contributed by atoms with Crippen LogP contribution in [-0.4, -0.2) is 41.3 Å². The maximum atomic E-state index is 11.1. The Morgan fingerprint density at radius 3 is 3.00 bits per heavy atom. The lowest BCUT2D eigenvalue weighted by atomic mass is 10.1. The standard InChI is InChI=1S/C12H23NOS/c1-3-15-9-5-8-13-7-4-6-12(13)10-11(2)14/h12H,3-10H2,1-2H3. The maximum absolute atomic E-state index is 11.1. The quantitative estimate of drug-likeness (QED) is 0.626. The zero-order valence-corrected chi connectivity index (χ0v) is 10.8. The number of carbonyl (C=O) groups is 1. The van der Waals surface area contributed by atoms with E-state index in [1.165, 1.54) is 43.9 Å². The van der Waals surface area contributed by atoms with E-state index in [1.54, 1.807) is 6.92 Å². The van der Waals surface area contributed by atoms with Crippen LogP contribution < -0.4 is 0 Å². The first-order valence-corrected chi connectivity index (χ1v) is 7.20. The highest BCUT2D eigenvalue weighted by Gasteiger charge is 2.24. The van der Waals surface area contributed by atoms with Gasteiger partial charge in [-0.25, -0.2) is 0 Å². The number of ketones is 1. The van der Waals surface area contributed by atoms with Crippen LogP contribution in [0.4, 0.5) is 0 Å². The monoisotopic (exact) mass is 229 g/mol. The molecule has 1 atom stereocenters. The summed E-state index contributed by atoms with van der Waals surface area (Å²) in [6.45, 7) is 6.31. The second-order valence-electron chi connectivity index (χ2n) is 4.29. The molecule has 1 saturated heterocycles. The molecule has 0 amide bonds. The van der Waals surface area contributed by atoms with E-state index in [4.69, 9.17) is 0 Å². The Balaban J connectivity index is 2.18. The molecule has 0 aliphatic carbocycles. The van der Waals surface area contributed by atoms with Crippen LogP contribution in [0.15, 0.2) is 0 Å². The third-order valence-electron chi connectivity index (χ3n) is 2.96. The number of likely N-dealkylation sites (tertiary alicyclic amines) is 1. The Morgan fingerprint density at radius 1 is 1.53 bits per heavy atom. The van der Waals surface area contributed by atoms with Crippen molar-refractivity contribution in [3.63, 3.8) is 0 Å². The van der Waals surface area contributed by atoms with Crippen LogP contribution in [0.3, 0.4) is 0 Å².